The molecule has 0 radical (unpaired) electrons. The van der Waals surface area contributed by atoms with Crippen molar-refractivity contribution in [2.75, 3.05) is 26.2 Å². The van der Waals surface area contributed by atoms with Gasteiger partial charge in [-0.25, -0.2) is 9.97 Å². The Balaban J connectivity index is 1.54. The molecule has 1 aliphatic heterocycles. The Hall–Kier alpha value is -2.89. The Morgan fingerprint density at radius 1 is 1.16 bits per heavy atom. The molecule has 1 unspecified atom stereocenters. The van der Waals surface area contributed by atoms with Crippen LogP contribution in [-0.4, -0.2) is 57.9 Å². The Kier molecular flexibility index (Phi) is 6.54. The second-order valence-corrected chi connectivity index (χ2v) is 8.81. The van der Waals surface area contributed by atoms with Gasteiger partial charge in [0, 0.05) is 55.3 Å². The van der Waals surface area contributed by atoms with Crippen LogP contribution in [0.3, 0.4) is 0 Å². The molecule has 1 aromatic carbocycles. The van der Waals surface area contributed by atoms with E-state index in [1.807, 2.05) is 29.2 Å². The summed E-state index contributed by atoms with van der Waals surface area (Å²) in [5, 5.41) is 11.1. The Labute approximate surface area is 186 Å². The van der Waals surface area contributed by atoms with E-state index in [2.05, 4.69) is 34.8 Å². The van der Waals surface area contributed by atoms with Crippen molar-refractivity contribution in [3.8, 4) is 6.07 Å². The second kappa shape index (κ2) is 9.50. The van der Waals surface area contributed by atoms with E-state index in [4.69, 9.17) is 4.42 Å². The van der Waals surface area contributed by atoms with Gasteiger partial charge in [-0.3, -0.25) is 9.69 Å². The van der Waals surface area contributed by atoms with Gasteiger partial charge in [0.15, 0.2) is 10.9 Å². The highest BCUT2D eigenvalue weighted by molar-refractivity contribution is 7.98. The van der Waals surface area contributed by atoms with Gasteiger partial charge in [-0.15, -0.1) is 0 Å². The molecule has 3 aromatic rings. The first kappa shape index (κ1) is 21.3. The average Bonchev–Trinajstić information content (AvgIpc) is 3.17. The van der Waals surface area contributed by atoms with Crippen molar-refractivity contribution in [1.82, 2.24) is 19.8 Å². The highest BCUT2D eigenvalue weighted by atomic mass is 32.2. The number of thioether (sulfide) groups is 1. The first-order chi connectivity index (χ1) is 15.1. The average molecular weight is 436 g/mol. The maximum absolute atomic E-state index is 13.4. The number of benzene rings is 1. The molecular formula is C23H25N5O2S. The van der Waals surface area contributed by atoms with Crippen LogP contribution in [0, 0.1) is 17.2 Å². The van der Waals surface area contributed by atoms with Crippen LogP contribution in [0.15, 0.2) is 52.3 Å². The van der Waals surface area contributed by atoms with Crippen LogP contribution in [0.25, 0.3) is 11.0 Å². The number of hydrogen-bond donors (Lipinski definition) is 0. The number of nitrogens with zero attached hydrogens (tertiary/aromatic N) is 5. The summed E-state index contributed by atoms with van der Waals surface area (Å²) in [5.41, 5.74) is 1.58. The monoisotopic (exact) mass is 435 g/mol. The Morgan fingerprint density at radius 3 is 2.55 bits per heavy atom. The molecule has 4 rings (SSSR count). The number of para-hydroxylation sites is 1. The van der Waals surface area contributed by atoms with Crippen molar-refractivity contribution in [2.24, 2.45) is 5.92 Å². The zero-order valence-corrected chi connectivity index (χ0v) is 18.5. The van der Waals surface area contributed by atoms with Gasteiger partial charge in [0.05, 0.1) is 6.07 Å². The van der Waals surface area contributed by atoms with E-state index in [1.165, 1.54) is 11.8 Å². The number of piperazine rings is 1. The molecule has 0 N–H and O–H groups in total. The minimum Gasteiger partial charge on any atom is -0.451 e. The van der Waals surface area contributed by atoms with Gasteiger partial charge in [0.2, 0.25) is 0 Å². The number of nitriles is 1. The molecular weight excluding hydrogens is 410 g/mol. The Bertz CT molecular complexity index is 1080. The predicted molar refractivity (Wildman–Crippen MR) is 120 cm³/mol. The molecule has 7 nitrogen and oxygen atoms in total. The fourth-order valence-corrected chi connectivity index (χ4v) is 4.74. The van der Waals surface area contributed by atoms with E-state index in [0.29, 0.717) is 48.4 Å². The lowest BCUT2D eigenvalue weighted by Crippen LogP contribution is -2.52. The van der Waals surface area contributed by atoms with E-state index < -0.39 is 0 Å². The first-order valence-corrected chi connectivity index (χ1v) is 11.4. The lowest BCUT2D eigenvalue weighted by Gasteiger charge is -2.37. The number of amides is 1. The summed E-state index contributed by atoms with van der Waals surface area (Å²) in [7, 11) is 0. The van der Waals surface area contributed by atoms with E-state index in [9.17, 15) is 10.1 Å². The SMILES string of the molecule is CC(C)C(C#N)N1CCN(C(=O)c2oc3ccccc3c2CSc2ncccn2)CC1. The molecule has 1 fully saturated rings. The van der Waals surface area contributed by atoms with Gasteiger partial charge >= 0.3 is 0 Å². The summed E-state index contributed by atoms with van der Waals surface area (Å²) >= 11 is 1.48. The summed E-state index contributed by atoms with van der Waals surface area (Å²) in [6.07, 6.45) is 3.42. The molecule has 1 aliphatic rings. The zero-order chi connectivity index (χ0) is 21.8. The summed E-state index contributed by atoms with van der Waals surface area (Å²) in [6, 6.07) is 11.8. The van der Waals surface area contributed by atoms with E-state index >= 15 is 0 Å². The van der Waals surface area contributed by atoms with E-state index in [-0.39, 0.29) is 17.9 Å². The van der Waals surface area contributed by atoms with E-state index in [0.717, 1.165) is 10.9 Å². The molecule has 31 heavy (non-hydrogen) atoms. The largest absolute Gasteiger partial charge is 0.451 e. The number of rotatable bonds is 6. The van der Waals surface area contributed by atoms with Crippen molar-refractivity contribution in [3.63, 3.8) is 0 Å². The molecule has 3 heterocycles. The molecule has 160 valence electrons. The molecule has 0 bridgehead atoms. The van der Waals surface area contributed by atoms with Crippen molar-refractivity contribution in [3.05, 3.63) is 54.0 Å². The highest BCUT2D eigenvalue weighted by Crippen LogP contribution is 2.32. The van der Waals surface area contributed by atoms with Crippen LogP contribution in [0.2, 0.25) is 0 Å². The third-order valence-corrected chi connectivity index (χ3v) is 6.44. The number of carbonyl (C=O) groups is 1. The smallest absolute Gasteiger partial charge is 0.290 e. The van der Waals surface area contributed by atoms with Gasteiger partial charge in [0.25, 0.3) is 5.91 Å². The quantitative estimate of drug-likeness (QED) is 0.430. The predicted octanol–water partition coefficient (Wildman–Crippen LogP) is 3.82. The standard InChI is InChI=1S/C23H25N5O2S/c1-16(2)19(14-24)27-10-12-28(13-11-27)22(29)21-18(15-31-23-25-8-5-9-26-23)17-6-3-4-7-20(17)30-21/h3-9,16,19H,10-13,15H2,1-2H3. The Morgan fingerprint density at radius 2 is 1.87 bits per heavy atom. The van der Waals surface area contributed by atoms with Crippen LogP contribution in [0.1, 0.15) is 30.0 Å². The maximum atomic E-state index is 13.4. The van der Waals surface area contributed by atoms with E-state index in [1.54, 1.807) is 18.5 Å². The van der Waals surface area contributed by atoms with Crippen LogP contribution in [0.5, 0.6) is 0 Å². The maximum Gasteiger partial charge on any atom is 0.290 e. The summed E-state index contributed by atoms with van der Waals surface area (Å²) in [6.45, 7) is 6.64. The third kappa shape index (κ3) is 4.58. The van der Waals surface area contributed by atoms with Crippen molar-refractivity contribution in [1.29, 1.82) is 5.26 Å². The number of fused-ring (bicyclic) bond motifs is 1. The van der Waals surface area contributed by atoms with Gasteiger partial charge in [-0.2, -0.15) is 5.26 Å². The van der Waals surface area contributed by atoms with Gasteiger partial charge in [-0.1, -0.05) is 43.8 Å². The van der Waals surface area contributed by atoms with Crippen molar-refractivity contribution in [2.45, 2.75) is 30.8 Å². The summed E-state index contributed by atoms with van der Waals surface area (Å²) in [5.74, 6) is 1.09. The number of carbonyl (C=O) groups excluding carboxylic acids is 1. The first-order valence-electron chi connectivity index (χ1n) is 10.4. The van der Waals surface area contributed by atoms with Gasteiger partial charge in [0.1, 0.15) is 11.6 Å². The molecule has 1 atom stereocenters. The third-order valence-electron chi connectivity index (χ3n) is 5.54. The molecule has 1 saturated heterocycles. The minimum atomic E-state index is -0.124. The number of furan rings is 1. The number of hydrogen-bond acceptors (Lipinski definition) is 7. The van der Waals surface area contributed by atoms with Crippen LogP contribution in [-0.2, 0) is 5.75 Å². The molecule has 0 aliphatic carbocycles. The molecule has 1 amide bonds. The summed E-state index contributed by atoms with van der Waals surface area (Å²) in [4.78, 5) is 25.9. The van der Waals surface area contributed by atoms with Gasteiger partial charge in [-0.05, 0) is 18.1 Å². The van der Waals surface area contributed by atoms with Crippen LogP contribution >= 0.6 is 11.8 Å². The lowest BCUT2D eigenvalue weighted by molar-refractivity contribution is 0.0549. The molecule has 0 saturated carbocycles. The topological polar surface area (TPSA) is 86.3 Å². The molecule has 8 heteroatoms. The molecule has 2 aromatic heterocycles. The van der Waals surface area contributed by atoms with Crippen LogP contribution < -0.4 is 0 Å². The number of aromatic nitrogens is 2. The normalized spacial score (nSPS) is 15.9. The van der Waals surface area contributed by atoms with Crippen molar-refractivity contribution < 1.29 is 9.21 Å². The highest BCUT2D eigenvalue weighted by Gasteiger charge is 2.31. The van der Waals surface area contributed by atoms with Crippen LogP contribution in [0.4, 0.5) is 0 Å². The molecule has 0 spiro atoms. The zero-order valence-electron chi connectivity index (χ0n) is 17.7. The lowest BCUT2D eigenvalue weighted by atomic mass is 10.0. The summed E-state index contributed by atoms with van der Waals surface area (Å²) < 4.78 is 6.03. The minimum absolute atomic E-state index is 0.0986. The second-order valence-electron chi connectivity index (χ2n) is 7.87. The van der Waals surface area contributed by atoms with Crippen molar-refractivity contribution >= 4 is 28.6 Å². The fraction of sp³-hybridized carbons (Fsp3) is 0.391. The fourth-order valence-electron chi connectivity index (χ4n) is 3.91. The van der Waals surface area contributed by atoms with Gasteiger partial charge < -0.3 is 9.32 Å².